The molecule has 1 N–H and O–H groups in total. The molecule has 158 valence electrons. The summed E-state index contributed by atoms with van der Waals surface area (Å²) >= 11 is 1.44. The van der Waals surface area contributed by atoms with Crippen LogP contribution >= 0.6 is 11.3 Å². The van der Waals surface area contributed by atoms with E-state index in [1.54, 1.807) is 25.9 Å². The molecule has 1 saturated heterocycles. The van der Waals surface area contributed by atoms with Gasteiger partial charge in [0.25, 0.3) is 11.8 Å². The summed E-state index contributed by atoms with van der Waals surface area (Å²) in [6.07, 6.45) is -0.375. The summed E-state index contributed by atoms with van der Waals surface area (Å²) in [5, 5.41) is 3.88. The molecule has 1 aromatic carbocycles. The number of amides is 2. The molecule has 2 heterocycles. The van der Waals surface area contributed by atoms with Gasteiger partial charge >= 0.3 is 0 Å². The molecule has 0 bridgehead atoms. The molecule has 2 aromatic rings. The van der Waals surface area contributed by atoms with Gasteiger partial charge in [-0.1, -0.05) is 18.2 Å². The van der Waals surface area contributed by atoms with Crippen LogP contribution in [0.3, 0.4) is 0 Å². The molecule has 0 aliphatic carbocycles. The highest BCUT2D eigenvalue weighted by Crippen LogP contribution is 2.38. The molecule has 2 amide bonds. The second-order valence-electron chi connectivity index (χ2n) is 7.41. The van der Waals surface area contributed by atoms with E-state index in [0.29, 0.717) is 37.7 Å². The number of carbonyl (C=O) groups is 2. The number of nitrogens with zero attached hydrogens (tertiary/aromatic N) is 1. The van der Waals surface area contributed by atoms with E-state index >= 15 is 0 Å². The third-order valence-electron chi connectivity index (χ3n) is 5.13. The Bertz CT molecular complexity index is 879. The third-order valence-corrected chi connectivity index (χ3v) is 6.32. The molecule has 0 radical (unpaired) electrons. The van der Waals surface area contributed by atoms with Crippen molar-refractivity contribution in [2.45, 2.75) is 25.6 Å². The number of rotatable bonds is 7. The first-order valence-electron chi connectivity index (χ1n) is 9.63. The van der Waals surface area contributed by atoms with Crippen LogP contribution in [0.2, 0.25) is 0 Å². The number of methoxy groups -OCH3 is 2. The van der Waals surface area contributed by atoms with Gasteiger partial charge in [-0.25, -0.2) is 0 Å². The molecule has 1 aromatic heterocycles. The van der Waals surface area contributed by atoms with Crippen molar-refractivity contribution in [3.8, 4) is 0 Å². The summed E-state index contributed by atoms with van der Waals surface area (Å²) in [5.74, 6) is -0.235. The number of morpholine rings is 1. The van der Waals surface area contributed by atoms with Gasteiger partial charge in [-0.05, 0) is 25.3 Å². The Morgan fingerprint density at radius 2 is 2.07 bits per heavy atom. The minimum absolute atomic E-state index is 0.0843. The lowest BCUT2D eigenvalue weighted by Gasteiger charge is -2.37. The average Bonchev–Trinajstić information content (AvgIpc) is 3.13. The second kappa shape index (κ2) is 9.21. The Hall–Kier alpha value is -2.00. The van der Waals surface area contributed by atoms with Gasteiger partial charge < -0.3 is 24.4 Å². The van der Waals surface area contributed by atoms with Crippen LogP contribution in [0.1, 0.15) is 35.2 Å². The van der Waals surface area contributed by atoms with Crippen LogP contribution in [0.15, 0.2) is 24.3 Å². The number of carbonyl (C=O) groups excluding carboxylic acids is 2. The maximum Gasteiger partial charge on any atom is 0.261 e. The Labute approximate surface area is 174 Å². The monoisotopic (exact) mass is 420 g/mol. The molecule has 3 rings (SSSR count). The molecule has 29 heavy (non-hydrogen) atoms. The van der Waals surface area contributed by atoms with Gasteiger partial charge in [-0.2, -0.15) is 0 Å². The number of hydrogen-bond acceptors (Lipinski definition) is 6. The first kappa shape index (κ1) is 21.7. The summed E-state index contributed by atoms with van der Waals surface area (Å²) in [4.78, 5) is 28.1. The van der Waals surface area contributed by atoms with Crippen molar-refractivity contribution in [2.24, 2.45) is 0 Å². The summed E-state index contributed by atoms with van der Waals surface area (Å²) in [6.45, 7) is 5.68. The lowest BCUT2D eigenvalue weighted by molar-refractivity contribution is -0.158. The van der Waals surface area contributed by atoms with Crippen LogP contribution in [0.4, 0.5) is 0 Å². The average molecular weight is 421 g/mol. The van der Waals surface area contributed by atoms with Crippen molar-refractivity contribution < 1.29 is 23.8 Å². The molecular weight excluding hydrogens is 392 g/mol. The van der Waals surface area contributed by atoms with Crippen LogP contribution in [0, 0.1) is 0 Å². The first-order chi connectivity index (χ1) is 13.9. The Kier molecular flexibility index (Phi) is 6.89. The summed E-state index contributed by atoms with van der Waals surface area (Å²) < 4.78 is 17.4. The molecule has 0 unspecified atom stereocenters. The van der Waals surface area contributed by atoms with Crippen molar-refractivity contribution in [1.82, 2.24) is 10.2 Å². The first-order valence-corrected chi connectivity index (χ1v) is 10.5. The molecule has 1 aliphatic heterocycles. The summed E-state index contributed by atoms with van der Waals surface area (Å²) in [5.41, 5.74) is -0.0628. The van der Waals surface area contributed by atoms with Crippen LogP contribution in [0.25, 0.3) is 10.1 Å². The van der Waals surface area contributed by atoms with E-state index in [1.165, 1.54) is 18.4 Å². The van der Waals surface area contributed by atoms with Crippen molar-refractivity contribution in [2.75, 3.05) is 47.1 Å². The zero-order valence-electron chi connectivity index (χ0n) is 17.3. The van der Waals surface area contributed by atoms with Gasteiger partial charge in [-0.15, -0.1) is 11.3 Å². The highest BCUT2D eigenvalue weighted by molar-refractivity contribution is 7.21. The summed E-state index contributed by atoms with van der Waals surface area (Å²) in [7, 11) is 3.13. The van der Waals surface area contributed by atoms with Gasteiger partial charge in [0.2, 0.25) is 0 Å². The minimum atomic E-state index is -0.904. The molecule has 1 fully saturated rings. The maximum absolute atomic E-state index is 12.9. The highest BCUT2D eigenvalue weighted by atomic mass is 32.1. The zero-order chi connectivity index (χ0) is 21.0. The topological polar surface area (TPSA) is 77.1 Å². The van der Waals surface area contributed by atoms with E-state index in [1.807, 2.05) is 24.3 Å². The van der Waals surface area contributed by atoms with Gasteiger partial charge in [0, 0.05) is 37.6 Å². The lowest BCUT2D eigenvalue weighted by Crippen LogP contribution is -2.51. The Morgan fingerprint density at radius 3 is 2.79 bits per heavy atom. The van der Waals surface area contributed by atoms with E-state index in [2.05, 4.69) is 5.32 Å². The van der Waals surface area contributed by atoms with Crippen molar-refractivity contribution in [3.05, 3.63) is 34.7 Å². The second-order valence-corrected chi connectivity index (χ2v) is 8.47. The quantitative estimate of drug-likeness (QED) is 0.697. The molecule has 0 saturated carbocycles. The Morgan fingerprint density at radius 1 is 1.31 bits per heavy atom. The number of thiophene rings is 1. The van der Waals surface area contributed by atoms with E-state index in [9.17, 15) is 9.59 Å². The largest absolute Gasteiger partial charge is 0.383 e. The van der Waals surface area contributed by atoms with E-state index in [0.717, 1.165) is 15.6 Å². The molecule has 1 aliphatic rings. The minimum Gasteiger partial charge on any atom is -0.383 e. The van der Waals surface area contributed by atoms with Gasteiger partial charge in [0.1, 0.15) is 11.7 Å². The molecule has 1 atom stereocenters. The number of fused-ring (bicyclic) bond motifs is 1. The fourth-order valence-corrected chi connectivity index (χ4v) is 4.55. The fourth-order valence-electron chi connectivity index (χ4n) is 3.38. The number of hydrogen-bond donors (Lipinski definition) is 1. The van der Waals surface area contributed by atoms with Crippen LogP contribution in [-0.4, -0.2) is 69.4 Å². The highest BCUT2D eigenvalue weighted by Gasteiger charge is 2.37. The van der Waals surface area contributed by atoms with Crippen molar-refractivity contribution in [1.29, 1.82) is 0 Å². The predicted octanol–water partition coefficient (Wildman–Crippen LogP) is 2.60. The maximum atomic E-state index is 12.9. The molecule has 8 heteroatoms. The normalized spacial score (nSPS) is 17.5. The van der Waals surface area contributed by atoms with E-state index < -0.39 is 5.60 Å². The summed E-state index contributed by atoms with van der Waals surface area (Å²) in [6, 6.07) is 7.89. The van der Waals surface area contributed by atoms with Crippen LogP contribution in [-0.2, 0) is 19.0 Å². The van der Waals surface area contributed by atoms with Gasteiger partial charge in [0.05, 0.1) is 24.6 Å². The van der Waals surface area contributed by atoms with Crippen molar-refractivity contribution >= 4 is 33.2 Å². The van der Waals surface area contributed by atoms with Gasteiger partial charge in [-0.3, -0.25) is 9.59 Å². The van der Waals surface area contributed by atoms with E-state index in [4.69, 9.17) is 14.2 Å². The smallest absolute Gasteiger partial charge is 0.261 e. The lowest BCUT2D eigenvalue weighted by atomic mass is 10.0. The zero-order valence-corrected chi connectivity index (χ0v) is 18.1. The Balaban J connectivity index is 1.92. The molecule has 0 spiro atoms. The standard InChI is InChI=1S/C21H28N2O5S/c1-21(2,27-4)20(25)23-10-12-28-15(13-23)17-14-7-5-6-8-16(14)29-18(17)19(24)22-9-11-26-3/h5-8,15H,9-13H2,1-4H3,(H,22,24)/t15-/m0/s1. The third kappa shape index (κ3) is 4.61. The van der Waals surface area contributed by atoms with Crippen LogP contribution in [0.5, 0.6) is 0 Å². The number of ether oxygens (including phenoxy) is 3. The SMILES string of the molecule is COCCNC(=O)c1sc2ccccc2c1[C@@H]1CN(C(=O)C(C)(C)OC)CCO1. The predicted molar refractivity (Wildman–Crippen MR) is 112 cm³/mol. The van der Waals surface area contributed by atoms with E-state index in [-0.39, 0.29) is 17.9 Å². The van der Waals surface area contributed by atoms with Crippen molar-refractivity contribution in [3.63, 3.8) is 0 Å². The fraction of sp³-hybridized carbons (Fsp3) is 0.524. The molecular formula is C21H28N2O5S. The number of nitrogens with one attached hydrogen (secondary N) is 1. The molecule has 7 nitrogen and oxygen atoms in total. The number of benzene rings is 1. The van der Waals surface area contributed by atoms with Gasteiger partial charge in [0.15, 0.2) is 0 Å². The van der Waals surface area contributed by atoms with Crippen LogP contribution < -0.4 is 5.32 Å².